The number of aryl methyl sites for hydroxylation is 2. The zero-order valence-electron chi connectivity index (χ0n) is 12.7. The van der Waals surface area contributed by atoms with E-state index in [1.54, 1.807) is 0 Å². The molecule has 0 unspecified atom stereocenters. The zero-order chi connectivity index (χ0) is 14.4. The van der Waals surface area contributed by atoms with E-state index >= 15 is 0 Å². The van der Waals surface area contributed by atoms with Gasteiger partial charge in [0, 0.05) is 25.3 Å². The van der Waals surface area contributed by atoms with Crippen LogP contribution in [0.25, 0.3) is 0 Å². The van der Waals surface area contributed by atoms with Gasteiger partial charge in [-0.05, 0) is 38.6 Å². The molecule has 0 saturated carbocycles. The number of likely N-dealkylation sites (N-methyl/N-ethyl adjacent to an activating group) is 1. The van der Waals surface area contributed by atoms with Crippen molar-refractivity contribution < 1.29 is 0 Å². The van der Waals surface area contributed by atoms with Crippen LogP contribution in [0.3, 0.4) is 0 Å². The zero-order valence-corrected chi connectivity index (χ0v) is 12.7. The molecule has 0 fully saturated rings. The molecule has 0 saturated heterocycles. The highest BCUT2D eigenvalue weighted by molar-refractivity contribution is 5.44. The molecular weight excluding hydrogens is 244 g/mol. The largest absolute Gasteiger partial charge is 0.384 e. The minimum Gasteiger partial charge on any atom is -0.384 e. The van der Waals surface area contributed by atoms with E-state index < -0.39 is 0 Å². The summed E-state index contributed by atoms with van der Waals surface area (Å²) in [6.07, 6.45) is 0. The number of hydrogen-bond donors (Lipinski definition) is 1. The molecule has 0 aliphatic heterocycles. The quantitative estimate of drug-likeness (QED) is 0.856. The van der Waals surface area contributed by atoms with Gasteiger partial charge in [-0.15, -0.1) is 0 Å². The van der Waals surface area contributed by atoms with Gasteiger partial charge in [-0.1, -0.05) is 47.5 Å². The molecule has 0 aliphatic carbocycles. The maximum atomic E-state index is 3.46. The molecule has 0 aliphatic rings. The molecule has 106 valence electrons. The number of rotatable bonds is 6. The molecule has 20 heavy (non-hydrogen) atoms. The first-order valence-electron chi connectivity index (χ1n) is 7.18. The van der Waals surface area contributed by atoms with Gasteiger partial charge in [-0.3, -0.25) is 0 Å². The highest BCUT2D eigenvalue weighted by Gasteiger charge is 2.00. The minimum absolute atomic E-state index is 0.964. The standard InChI is InChI=1S/C18H24N2/c1-15-4-8-17(9-5-15)14-20(3)13-12-19-18-10-6-16(2)7-11-18/h4-11,19H,12-14H2,1-3H3. The van der Waals surface area contributed by atoms with E-state index in [0.717, 1.165) is 19.6 Å². The Morgan fingerprint density at radius 2 is 1.40 bits per heavy atom. The molecular formula is C18H24N2. The molecule has 0 radical (unpaired) electrons. The Hall–Kier alpha value is -1.80. The van der Waals surface area contributed by atoms with Crippen molar-refractivity contribution in [2.24, 2.45) is 0 Å². The maximum Gasteiger partial charge on any atom is 0.0340 e. The van der Waals surface area contributed by atoms with E-state index in [1.165, 1.54) is 22.4 Å². The van der Waals surface area contributed by atoms with Crippen LogP contribution in [0.4, 0.5) is 5.69 Å². The molecule has 2 aromatic rings. The van der Waals surface area contributed by atoms with Crippen molar-refractivity contribution in [2.75, 3.05) is 25.5 Å². The number of benzene rings is 2. The first-order valence-corrected chi connectivity index (χ1v) is 7.18. The van der Waals surface area contributed by atoms with E-state index in [9.17, 15) is 0 Å². The van der Waals surface area contributed by atoms with Gasteiger partial charge in [-0.2, -0.15) is 0 Å². The Bertz CT molecular complexity index is 514. The highest BCUT2D eigenvalue weighted by atomic mass is 15.1. The summed E-state index contributed by atoms with van der Waals surface area (Å²) in [5.74, 6) is 0. The van der Waals surface area contributed by atoms with Crippen LogP contribution < -0.4 is 5.32 Å². The van der Waals surface area contributed by atoms with Crippen LogP contribution in [0.15, 0.2) is 48.5 Å². The molecule has 0 aromatic heterocycles. The Balaban J connectivity index is 1.73. The Morgan fingerprint density at radius 1 is 0.850 bits per heavy atom. The lowest BCUT2D eigenvalue weighted by Crippen LogP contribution is -2.24. The minimum atomic E-state index is 0.964. The van der Waals surface area contributed by atoms with E-state index in [4.69, 9.17) is 0 Å². The van der Waals surface area contributed by atoms with Crippen molar-refractivity contribution in [1.29, 1.82) is 0 Å². The lowest BCUT2D eigenvalue weighted by atomic mass is 10.1. The SMILES string of the molecule is Cc1ccc(CN(C)CCNc2ccc(C)cc2)cc1. The van der Waals surface area contributed by atoms with Crippen LogP contribution in [0, 0.1) is 13.8 Å². The van der Waals surface area contributed by atoms with Crippen LogP contribution in [0.2, 0.25) is 0 Å². The van der Waals surface area contributed by atoms with Crippen LogP contribution >= 0.6 is 0 Å². The third kappa shape index (κ3) is 4.71. The summed E-state index contributed by atoms with van der Waals surface area (Å²) in [6.45, 7) is 7.22. The smallest absolute Gasteiger partial charge is 0.0340 e. The lowest BCUT2D eigenvalue weighted by molar-refractivity contribution is 0.340. The van der Waals surface area contributed by atoms with Crippen molar-refractivity contribution in [3.8, 4) is 0 Å². The van der Waals surface area contributed by atoms with E-state index in [0.29, 0.717) is 0 Å². The molecule has 0 bridgehead atoms. The molecule has 0 spiro atoms. The molecule has 0 heterocycles. The van der Waals surface area contributed by atoms with Crippen molar-refractivity contribution in [3.63, 3.8) is 0 Å². The second-order valence-corrected chi connectivity index (χ2v) is 5.52. The van der Waals surface area contributed by atoms with Crippen molar-refractivity contribution >= 4 is 5.69 Å². The normalized spacial score (nSPS) is 10.8. The second-order valence-electron chi connectivity index (χ2n) is 5.52. The van der Waals surface area contributed by atoms with Crippen LogP contribution in [-0.2, 0) is 6.54 Å². The van der Waals surface area contributed by atoms with Crippen molar-refractivity contribution in [2.45, 2.75) is 20.4 Å². The van der Waals surface area contributed by atoms with Gasteiger partial charge in [0.1, 0.15) is 0 Å². The highest BCUT2D eigenvalue weighted by Crippen LogP contribution is 2.09. The van der Waals surface area contributed by atoms with E-state index in [2.05, 4.69) is 79.6 Å². The summed E-state index contributed by atoms with van der Waals surface area (Å²) in [5, 5.41) is 3.46. The number of nitrogens with zero attached hydrogens (tertiary/aromatic N) is 1. The molecule has 0 amide bonds. The Kier molecular flexibility index (Phi) is 5.19. The molecule has 0 atom stereocenters. The summed E-state index contributed by atoms with van der Waals surface area (Å²) in [4.78, 5) is 2.34. The molecule has 2 heteroatoms. The number of nitrogens with one attached hydrogen (secondary N) is 1. The first kappa shape index (κ1) is 14.6. The summed E-state index contributed by atoms with van der Waals surface area (Å²) in [7, 11) is 2.16. The predicted molar refractivity (Wildman–Crippen MR) is 87.2 cm³/mol. The Morgan fingerprint density at radius 3 is 2.00 bits per heavy atom. The summed E-state index contributed by atoms with van der Waals surface area (Å²) in [5.41, 5.74) is 5.18. The average Bonchev–Trinajstić information content (AvgIpc) is 2.44. The van der Waals surface area contributed by atoms with Crippen LogP contribution in [0.5, 0.6) is 0 Å². The maximum absolute atomic E-state index is 3.46. The summed E-state index contributed by atoms with van der Waals surface area (Å²) in [6, 6.07) is 17.3. The van der Waals surface area contributed by atoms with Gasteiger partial charge in [-0.25, -0.2) is 0 Å². The fraction of sp³-hybridized carbons (Fsp3) is 0.333. The fourth-order valence-corrected chi connectivity index (χ4v) is 2.15. The van der Waals surface area contributed by atoms with Crippen molar-refractivity contribution in [3.05, 3.63) is 65.2 Å². The third-order valence-corrected chi connectivity index (χ3v) is 3.45. The van der Waals surface area contributed by atoms with Gasteiger partial charge in [0.25, 0.3) is 0 Å². The third-order valence-electron chi connectivity index (χ3n) is 3.45. The summed E-state index contributed by atoms with van der Waals surface area (Å²) < 4.78 is 0. The monoisotopic (exact) mass is 268 g/mol. The van der Waals surface area contributed by atoms with Gasteiger partial charge in [0.05, 0.1) is 0 Å². The second kappa shape index (κ2) is 7.11. The molecule has 1 N–H and O–H groups in total. The van der Waals surface area contributed by atoms with Gasteiger partial charge in [0.2, 0.25) is 0 Å². The predicted octanol–water partition coefficient (Wildman–Crippen LogP) is 3.85. The van der Waals surface area contributed by atoms with Crippen molar-refractivity contribution in [1.82, 2.24) is 4.90 Å². The lowest BCUT2D eigenvalue weighted by Gasteiger charge is -2.17. The number of anilines is 1. The van der Waals surface area contributed by atoms with Gasteiger partial charge < -0.3 is 10.2 Å². The molecule has 2 aromatic carbocycles. The van der Waals surface area contributed by atoms with Crippen LogP contribution in [-0.4, -0.2) is 25.0 Å². The molecule has 2 nitrogen and oxygen atoms in total. The Labute approximate surface area is 122 Å². The first-order chi connectivity index (χ1) is 9.63. The van der Waals surface area contributed by atoms with E-state index in [-0.39, 0.29) is 0 Å². The average molecular weight is 268 g/mol. The van der Waals surface area contributed by atoms with Gasteiger partial charge >= 0.3 is 0 Å². The van der Waals surface area contributed by atoms with Gasteiger partial charge in [0.15, 0.2) is 0 Å². The topological polar surface area (TPSA) is 15.3 Å². The molecule has 2 rings (SSSR count). The number of hydrogen-bond acceptors (Lipinski definition) is 2. The summed E-state index contributed by atoms with van der Waals surface area (Å²) >= 11 is 0. The fourth-order valence-electron chi connectivity index (χ4n) is 2.15. The van der Waals surface area contributed by atoms with E-state index in [1.807, 2.05) is 0 Å². The van der Waals surface area contributed by atoms with Crippen LogP contribution in [0.1, 0.15) is 16.7 Å².